The number of nitrogens with zero attached hydrogens (tertiary/aromatic N) is 1. The molecule has 0 aliphatic carbocycles. The van der Waals surface area contributed by atoms with Gasteiger partial charge in [0, 0.05) is 18.2 Å². The average molecular weight is 396 g/mol. The van der Waals surface area contributed by atoms with E-state index in [2.05, 4.69) is 5.32 Å². The van der Waals surface area contributed by atoms with Crippen molar-refractivity contribution in [2.45, 2.75) is 6.42 Å². The molecule has 0 aromatic heterocycles. The van der Waals surface area contributed by atoms with Crippen molar-refractivity contribution in [1.82, 2.24) is 0 Å². The Hall–Kier alpha value is -3.06. The highest BCUT2D eigenvalue weighted by Gasteiger charge is 2.29. The lowest BCUT2D eigenvalue weighted by molar-refractivity contribution is 0.102. The molecular weight excluding hydrogens is 376 g/mol. The second-order valence-corrected chi connectivity index (χ2v) is 8.62. The summed E-state index contributed by atoms with van der Waals surface area (Å²) in [6.07, 6.45) is 0.601. The molecule has 3 aromatic rings. The molecule has 1 heterocycles. The van der Waals surface area contributed by atoms with Crippen LogP contribution in [0.4, 0.5) is 11.4 Å². The Morgan fingerprint density at radius 3 is 2.61 bits per heavy atom. The molecule has 0 atom stereocenters. The molecule has 1 N–H and O–H groups in total. The van der Waals surface area contributed by atoms with Crippen molar-refractivity contribution in [3.63, 3.8) is 0 Å². The van der Waals surface area contributed by atoms with E-state index in [9.17, 15) is 13.2 Å². The van der Waals surface area contributed by atoms with Crippen LogP contribution in [0.1, 0.15) is 16.8 Å². The largest absolute Gasteiger partial charge is 0.494 e. The van der Waals surface area contributed by atoms with Gasteiger partial charge in [0.2, 0.25) is 10.0 Å². The van der Waals surface area contributed by atoms with Crippen LogP contribution in [0.2, 0.25) is 0 Å². The van der Waals surface area contributed by atoms with E-state index >= 15 is 0 Å². The summed E-state index contributed by atoms with van der Waals surface area (Å²) in [4.78, 5) is 12.9. The van der Waals surface area contributed by atoms with Gasteiger partial charge in [-0.1, -0.05) is 36.4 Å². The first-order valence-corrected chi connectivity index (χ1v) is 10.6. The Labute approximate surface area is 163 Å². The van der Waals surface area contributed by atoms with Gasteiger partial charge in [-0.25, -0.2) is 8.42 Å². The number of nitrogens with one attached hydrogen (secondary N) is 1. The van der Waals surface area contributed by atoms with E-state index in [0.29, 0.717) is 35.7 Å². The van der Waals surface area contributed by atoms with E-state index in [0.717, 1.165) is 10.8 Å². The second kappa shape index (κ2) is 7.16. The molecule has 0 unspecified atom stereocenters. The van der Waals surface area contributed by atoms with Gasteiger partial charge < -0.3 is 10.1 Å². The van der Waals surface area contributed by atoms with Crippen LogP contribution in [-0.2, 0) is 10.0 Å². The lowest BCUT2D eigenvalue weighted by atomic mass is 10.0. The average Bonchev–Trinajstić information content (AvgIpc) is 3.06. The fourth-order valence-electron chi connectivity index (χ4n) is 3.48. The van der Waals surface area contributed by atoms with Crippen molar-refractivity contribution in [2.75, 3.05) is 29.0 Å². The first-order valence-electron chi connectivity index (χ1n) is 8.97. The van der Waals surface area contributed by atoms with Gasteiger partial charge in [-0.05, 0) is 35.4 Å². The van der Waals surface area contributed by atoms with E-state index in [1.165, 1.54) is 11.4 Å². The molecule has 28 heavy (non-hydrogen) atoms. The summed E-state index contributed by atoms with van der Waals surface area (Å²) >= 11 is 0. The molecule has 144 valence electrons. The number of anilines is 2. The highest BCUT2D eigenvalue weighted by molar-refractivity contribution is 7.93. The highest BCUT2D eigenvalue weighted by atomic mass is 32.2. The number of carbonyl (C=O) groups excluding carboxylic acids is 1. The fraction of sp³-hybridized carbons (Fsp3) is 0.190. The van der Waals surface area contributed by atoms with Gasteiger partial charge in [0.05, 0.1) is 24.2 Å². The molecule has 1 aliphatic rings. The standard InChI is InChI=1S/C21H20N2O4S/c1-27-20-14-16(23-12-5-13-28(23,25)26)10-11-19(20)22-21(24)18-9-4-7-15-6-2-3-8-17(15)18/h2-4,6-11,14H,5,12-13H2,1H3,(H,22,24). The zero-order valence-electron chi connectivity index (χ0n) is 15.4. The Kier molecular flexibility index (Phi) is 4.68. The van der Waals surface area contributed by atoms with Crippen LogP contribution in [0.5, 0.6) is 5.75 Å². The van der Waals surface area contributed by atoms with Crippen molar-refractivity contribution in [2.24, 2.45) is 0 Å². The lowest BCUT2D eigenvalue weighted by Gasteiger charge is -2.19. The maximum absolute atomic E-state index is 12.9. The van der Waals surface area contributed by atoms with Crippen LogP contribution < -0.4 is 14.4 Å². The minimum Gasteiger partial charge on any atom is -0.494 e. The minimum absolute atomic E-state index is 0.148. The van der Waals surface area contributed by atoms with Gasteiger partial charge in [-0.15, -0.1) is 0 Å². The molecule has 3 aromatic carbocycles. The first-order chi connectivity index (χ1) is 13.5. The number of ether oxygens (including phenoxy) is 1. The fourth-order valence-corrected chi connectivity index (χ4v) is 5.04. The van der Waals surface area contributed by atoms with E-state index in [1.54, 1.807) is 24.3 Å². The Morgan fingerprint density at radius 2 is 1.86 bits per heavy atom. The summed E-state index contributed by atoms with van der Waals surface area (Å²) in [7, 11) is -1.79. The van der Waals surface area contributed by atoms with Crippen LogP contribution >= 0.6 is 0 Å². The topological polar surface area (TPSA) is 75.7 Å². The first kappa shape index (κ1) is 18.3. The molecule has 6 nitrogen and oxygen atoms in total. The van der Waals surface area contributed by atoms with Gasteiger partial charge in [0.25, 0.3) is 5.91 Å². The van der Waals surface area contributed by atoms with Crippen molar-refractivity contribution >= 4 is 38.1 Å². The molecular formula is C21H20N2O4S. The van der Waals surface area contributed by atoms with Gasteiger partial charge in [0.1, 0.15) is 5.75 Å². The normalized spacial score (nSPS) is 15.5. The van der Waals surface area contributed by atoms with Crippen LogP contribution in [0.3, 0.4) is 0 Å². The zero-order chi connectivity index (χ0) is 19.7. The van der Waals surface area contributed by atoms with Crippen molar-refractivity contribution < 1.29 is 17.9 Å². The van der Waals surface area contributed by atoms with Crippen LogP contribution in [0.25, 0.3) is 10.8 Å². The van der Waals surface area contributed by atoms with E-state index in [4.69, 9.17) is 4.74 Å². The van der Waals surface area contributed by atoms with Crippen LogP contribution in [-0.4, -0.2) is 33.7 Å². The maximum Gasteiger partial charge on any atom is 0.256 e. The van der Waals surface area contributed by atoms with Crippen molar-refractivity contribution in [3.05, 3.63) is 66.2 Å². The summed E-state index contributed by atoms with van der Waals surface area (Å²) in [6, 6.07) is 18.3. The summed E-state index contributed by atoms with van der Waals surface area (Å²) in [5.74, 6) is 0.305. The third-order valence-electron chi connectivity index (χ3n) is 4.85. The number of carbonyl (C=O) groups is 1. The zero-order valence-corrected chi connectivity index (χ0v) is 16.2. The number of benzene rings is 3. The van der Waals surface area contributed by atoms with Crippen molar-refractivity contribution in [3.8, 4) is 5.75 Å². The smallest absolute Gasteiger partial charge is 0.256 e. The molecule has 1 aliphatic heterocycles. The second-order valence-electron chi connectivity index (χ2n) is 6.61. The Balaban J connectivity index is 1.65. The summed E-state index contributed by atoms with van der Waals surface area (Å²) < 4.78 is 31.1. The van der Waals surface area contributed by atoms with Gasteiger partial charge in [0.15, 0.2) is 0 Å². The third-order valence-corrected chi connectivity index (χ3v) is 6.72. The maximum atomic E-state index is 12.9. The lowest BCUT2D eigenvalue weighted by Crippen LogP contribution is -2.25. The number of methoxy groups -OCH3 is 1. The van der Waals surface area contributed by atoms with E-state index in [1.807, 2.05) is 36.4 Å². The Bertz CT molecular complexity index is 1150. The van der Waals surface area contributed by atoms with E-state index in [-0.39, 0.29) is 11.7 Å². The number of fused-ring (bicyclic) bond motifs is 1. The minimum atomic E-state index is -3.28. The molecule has 4 rings (SSSR count). The monoisotopic (exact) mass is 396 g/mol. The molecule has 1 fully saturated rings. The predicted molar refractivity (Wildman–Crippen MR) is 111 cm³/mol. The molecule has 0 bridgehead atoms. The number of hydrogen-bond donors (Lipinski definition) is 1. The van der Waals surface area contributed by atoms with E-state index < -0.39 is 10.0 Å². The van der Waals surface area contributed by atoms with Crippen molar-refractivity contribution in [1.29, 1.82) is 0 Å². The summed E-state index contributed by atoms with van der Waals surface area (Å²) in [5, 5.41) is 4.72. The molecule has 0 radical (unpaired) electrons. The quantitative estimate of drug-likeness (QED) is 0.731. The Morgan fingerprint density at radius 1 is 1.07 bits per heavy atom. The predicted octanol–water partition coefficient (Wildman–Crippen LogP) is 3.64. The molecule has 0 saturated carbocycles. The number of amides is 1. The van der Waals surface area contributed by atoms with Gasteiger partial charge in [-0.3, -0.25) is 9.10 Å². The SMILES string of the molecule is COc1cc(N2CCCS2(=O)=O)ccc1NC(=O)c1cccc2ccccc12. The third kappa shape index (κ3) is 3.29. The molecule has 1 amide bonds. The van der Waals surface area contributed by atoms with Gasteiger partial charge in [-0.2, -0.15) is 0 Å². The number of hydrogen-bond acceptors (Lipinski definition) is 4. The number of rotatable bonds is 4. The van der Waals surface area contributed by atoms with Crippen LogP contribution in [0.15, 0.2) is 60.7 Å². The van der Waals surface area contributed by atoms with Crippen LogP contribution in [0, 0.1) is 0 Å². The summed E-state index contributed by atoms with van der Waals surface area (Å²) in [5.41, 5.74) is 1.59. The molecule has 1 saturated heterocycles. The molecule has 7 heteroatoms. The highest BCUT2D eigenvalue weighted by Crippen LogP contribution is 2.33. The molecule has 0 spiro atoms. The van der Waals surface area contributed by atoms with Gasteiger partial charge >= 0.3 is 0 Å². The summed E-state index contributed by atoms with van der Waals surface area (Å²) in [6.45, 7) is 0.452. The number of sulfonamides is 1.